The minimum atomic E-state index is -3.15. The van der Waals surface area contributed by atoms with Gasteiger partial charge in [-0.2, -0.15) is 13.8 Å². The summed E-state index contributed by atoms with van der Waals surface area (Å²) in [5, 5.41) is 0.865. The molecule has 0 amide bonds. The van der Waals surface area contributed by atoms with Crippen LogP contribution in [0, 0.1) is 0 Å². The van der Waals surface area contributed by atoms with Crippen molar-refractivity contribution in [1.29, 1.82) is 0 Å². The molecule has 3 aromatic rings. The van der Waals surface area contributed by atoms with E-state index in [9.17, 15) is 4.79 Å². The van der Waals surface area contributed by atoms with E-state index in [1.807, 2.05) is 41.3 Å². The van der Waals surface area contributed by atoms with Crippen LogP contribution in [0.5, 0.6) is 0 Å². The van der Waals surface area contributed by atoms with Crippen molar-refractivity contribution in [2.45, 2.75) is 32.1 Å². The zero-order valence-corrected chi connectivity index (χ0v) is 18.6. The van der Waals surface area contributed by atoms with E-state index in [0.29, 0.717) is 36.2 Å². The maximum atomic E-state index is 15.4. The Balaban J connectivity index is 1.47. The van der Waals surface area contributed by atoms with Gasteiger partial charge in [0.25, 0.3) is 5.56 Å². The van der Waals surface area contributed by atoms with Gasteiger partial charge in [-0.15, -0.1) is 0 Å². The third-order valence-corrected chi connectivity index (χ3v) is 6.63. The molecule has 2 aliphatic heterocycles. The lowest BCUT2D eigenvalue weighted by Crippen LogP contribution is -2.45. The summed E-state index contributed by atoms with van der Waals surface area (Å²) in [4.78, 5) is 20.5. The largest absolute Gasteiger partial charge is 0.336 e. The van der Waals surface area contributed by atoms with E-state index < -0.39 is 18.0 Å². The van der Waals surface area contributed by atoms with E-state index in [2.05, 4.69) is 4.98 Å². The summed E-state index contributed by atoms with van der Waals surface area (Å²) in [6.45, 7) is 1.28. The quantitative estimate of drug-likeness (QED) is 0.548. The number of hydrogen-bond donors (Lipinski definition) is 0. The Morgan fingerprint density at radius 2 is 1.75 bits per heavy atom. The van der Waals surface area contributed by atoms with Gasteiger partial charge in [-0.3, -0.25) is 9.69 Å². The molecule has 0 bridgehead atoms. The zero-order valence-electron chi connectivity index (χ0n) is 17.1. The third-order valence-electron chi connectivity index (χ3n) is 5.89. The fourth-order valence-electron chi connectivity index (χ4n) is 4.51. The predicted molar refractivity (Wildman–Crippen MR) is 120 cm³/mol. The lowest BCUT2D eigenvalue weighted by Gasteiger charge is -2.35. The van der Waals surface area contributed by atoms with Crippen molar-refractivity contribution in [3.8, 4) is 0 Å². The SMILES string of the molecule is O=c1nc2n(c3c1CN(Cc1ccccc1)CC3(F)F)CCN2Cc1ccc(Cl)c(Cl)c1. The molecule has 2 aliphatic rings. The highest BCUT2D eigenvalue weighted by atomic mass is 35.5. The Kier molecular flexibility index (Phi) is 5.43. The highest BCUT2D eigenvalue weighted by molar-refractivity contribution is 6.42. The predicted octanol–water partition coefficient (Wildman–Crippen LogP) is 4.68. The lowest BCUT2D eigenvalue weighted by molar-refractivity contribution is -0.0621. The van der Waals surface area contributed by atoms with Gasteiger partial charge >= 0.3 is 5.92 Å². The zero-order chi connectivity index (χ0) is 22.5. The fourth-order valence-corrected chi connectivity index (χ4v) is 4.83. The smallest absolute Gasteiger partial charge is 0.300 e. The molecular weight excluding hydrogens is 457 g/mol. The minimum absolute atomic E-state index is 0.0809. The van der Waals surface area contributed by atoms with Crippen LogP contribution < -0.4 is 10.5 Å². The number of anilines is 1. The molecule has 0 N–H and O–H groups in total. The Labute approximate surface area is 193 Å². The average molecular weight is 477 g/mol. The number of aromatic nitrogens is 2. The molecule has 5 nitrogen and oxygen atoms in total. The van der Waals surface area contributed by atoms with Crippen LogP contribution >= 0.6 is 23.2 Å². The van der Waals surface area contributed by atoms with Crippen molar-refractivity contribution in [2.24, 2.45) is 0 Å². The van der Waals surface area contributed by atoms with Crippen LogP contribution in [0.2, 0.25) is 10.0 Å². The molecule has 0 fully saturated rings. The third kappa shape index (κ3) is 3.89. The molecule has 0 atom stereocenters. The molecule has 1 aromatic heterocycles. The van der Waals surface area contributed by atoms with Crippen LogP contribution in [0.4, 0.5) is 14.7 Å². The Bertz CT molecular complexity index is 1230. The van der Waals surface area contributed by atoms with Crippen LogP contribution in [-0.2, 0) is 32.1 Å². The second-order valence-electron chi connectivity index (χ2n) is 8.20. The first-order valence-corrected chi connectivity index (χ1v) is 11.0. The number of hydrogen-bond acceptors (Lipinski definition) is 4. The van der Waals surface area contributed by atoms with Gasteiger partial charge in [-0.1, -0.05) is 59.6 Å². The van der Waals surface area contributed by atoms with Crippen molar-refractivity contribution in [2.75, 3.05) is 18.0 Å². The molecule has 9 heteroatoms. The summed E-state index contributed by atoms with van der Waals surface area (Å²) in [6, 6.07) is 14.7. The average Bonchev–Trinajstić information content (AvgIpc) is 3.13. The van der Waals surface area contributed by atoms with Gasteiger partial charge in [0.15, 0.2) is 0 Å². The van der Waals surface area contributed by atoms with Crippen LogP contribution in [0.25, 0.3) is 0 Å². The van der Waals surface area contributed by atoms with E-state index in [0.717, 1.165) is 11.1 Å². The normalized spacial score (nSPS) is 17.3. The molecular formula is C23H20Cl2F2N4O. The maximum absolute atomic E-state index is 15.4. The Morgan fingerprint density at radius 3 is 2.50 bits per heavy atom. The molecule has 0 unspecified atom stereocenters. The van der Waals surface area contributed by atoms with E-state index in [1.165, 1.54) is 4.57 Å². The molecule has 166 valence electrons. The molecule has 0 aliphatic carbocycles. The van der Waals surface area contributed by atoms with E-state index in [1.54, 1.807) is 17.0 Å². The second-order valence-corrected chi connectivity index (χ2v) is 9.02. The van der Waals surface area contributed by atoms with Gasteiger partial charge in [-0.05, 0) is 23.3 Å². The summed E-state index contributed by atoms with van der Waals surface area (Å²) in [5.74, 6) is -2.88. The van der Waals surface area contributed by atoms with Crippen LogP contribution in [-0.4, -0.2) is 27.5 Å². The van der Waals surface area contributed by atoms with Crippen LogP contribution in [0.1, 0.15) is 22.4 Å². The number of rotatable bonds is 4. The number of alkyl halides is 2. The molecule has 0 spiro atoms. The first-order chi connectivity index (χ1) is 15.3. The minimum Gasteiger partial charge on any atom is -0.336 e. The van der Waals surface area contributed by atoms with E-state index in [4.69, 9.17) is 23.2 Å². The van der Waals surface area contributed by atoms with Crippen LogP contribution in [0.15, 0.2) is 53.3 Å². The van der Waals surface area contributed by atoms with E-state index >= 15 is 8.78 Å². The summed E-state index contributed by atoms with van der Waals surface area (Å²) < 4.78 is 32.2. The lowest BCUT2D eigenvalue weighted by atomic mass is 10.0. The fraction of sp³-hybridized carbons (Fsp3) is 0.304. The topological polar surface area (TPSA) is 41.4 Å². The van der Waals surface area contributed by atoms with E-state index in [-0.39, 0.29) is 23.8 Å². The van der Waals surface area contributed by atoms with Gasteiger partial charge in [0.05, 0.1) is 22.2 Å². The molecule has 5 rings (SSSR count). The molecule has 0 radical (unpaired) electrons. The van der Waals surface area contributed by atoms with Gasteiger partial charge in [0, 0.05) is 32.7 Å². The van der Waals surface area contributed by atoms with Gasteiger partial charge < -0.3 is 9.47 Å². The van der Waals surface area contributed by atoms with Gasteiger partial charge in [0.2, 0.25) is 5.95 Å². The highest BCUT2D eigenvalue weighted by Gasteiger charge is 2.46. The molecule has 0 saturated heterocycles. The monoisotopic (exact) mass is 476 g/mol. The number of benzene rings is 2. The summed E-state index contributed by atoms with van der Waals surface area (Å²) in [6.07, 6.45) is 0. The van der Waals surface area contributed by atoms with Crippen molar-refractivity contribution >= 4 is 29.2 Å². The summed E-state index contributed by atoms with van der Waals surface area (Å²) in [7, 11) is 0. The van der Waals surface area contributed by atoms with Crippen molar-refractivity contribution < 1.29 is 8.78 Å². The van der Waals surface area contributed by atoms with Crippen molar-refractivity contribution in [3.63, 3.8) is 0 Å². The number of nitrogens with zero attached hydrogens (tertiary/aromatic N) is 4. The van der Waals surface area contributed by atoms with Crippen molar-refractivity contribution in [1.82, 2.24) is 14.5 Å². The van der Waals surface area contributed by atoms with Gasteiger partial charge in [-0.25, -0.2) is 0 Å². The Hall–Kier alpha value is -2.48. The molecule has 3 heterocycles. The van der Waals surface area contributed by atoms with Crippen molar-refractivity contribution in [3.05, 3.63) is 91.3 Å². The summed E-state index contributed by atoms with van der Waals surface area (Å²) in [5.41, 5.74) is 1.07. The first kappa shape index (κ1) is 21.4. The summed E-state index contributed by atoms with van der Waals surface area (Å²) >= 11 is 12.1. The van der Waals surface area contributed by atoms with Crippen LogP contribution in [0.3, 0.4) is 0 Å². The molecule has 0 saturated carbocycles. The first-order valence-electron chi connectivity index (χ1n) is 10.3. The standard InChI is InChI=1S/C23H20Cl2F2N4O/c24-18-7-6-16(10-19(18)25)12-30-8-9-31-20-17(21(32)28-22(30)31)13-29(14-23(20,26)27)11-15-4-2-1-3-5-15/h1-7,10H,8-9,11-14H2. The highest BCUT2D eigenvalue weighted by Crippen LogP contribution is 2.39. The maximum Gasteiger partial charge on any atom is 0.300 e. The molecule has 2 aromatic carbocycles. The second kappa shape index (κ2) is 8.14. The number of fused-ring (bicyclic) bond motifs is 3. The number of halogens is 4. The Morgan fingerprint density at radius 1 is 0.969 bits per heavy atom. The van der Waals surface area contributed by atoms with Gasteiger partial charge in [0.1, 0.15) is 5.69 Å². The molecule has 32 heavy (non-hydrogen) atoms.